The number of likely N-dealkylation sites (N-methyl/N-ethyl adjacent to an activating group) is 1. The Balaban J connectivity index is 3.19. The molecular weight excluding hydrogens is 174 g/mol. The van der Waals surface area contributed by atoms with Crippen LogP contribution in [0.5, 0.6) is 0 Å². The van der Waals surface area contributed by atoms with Crippen LogP contribution in [0.4, 0.5) is 0 Å². The first-order valence-corrected chi connectivity index (χ1v) is 5.76. The molecule has 0 aliphatic rings. The highest BCUT2D eigenvalue weighted by Crippen LogP contribution is 1.99. The van der Waals surface area contributed by atoms with Gasteiger partial charge in [-0.25, -0.2) is 0 Å². The minimum Gasteiger partial charge on any atom is -0.366 e. The van der Waals surface area contributed by atoms with E-state index in [4.69, 9.17) is 4.74 Å². The van der Waals surface area contributed by atoms with Gasteiger partial charge in [-0.2, -0.15) is 0 Å². The fourth-order valence-electron chi connectivity index (χ4n) is 1.28. The van der Waals surface area contributed by atoms with Gasteiger partial charge in [-0.05, 0) is 13.0 Å². The second kappa shape index (κ2) is 10.7. The average molecular weight is 199 g/mol. The molecule has 0 rings (SSSR count). The van der Waals surface area contributed by atoms with Gasteiger partial charge in [-0.3, -0.25) is 4.90 Å². The molecule has 0 saturated carbocycles. The van der Waals surface area contributed by atoms with E-state index in [0.717, 1.165) is 26.4 Å². The SMILES string of the molecule is C=CCN(CC)COCCCCCC. The highest BCUT2D eigenvalue weighted by atomic mass is 16.5. The van der Waals surface area contributed by atoms with Crippen molar-refractivity contribution in [3.8, 4) is 0 Å². The standard InChI is InChI=1S/C12H25NO/c1-4-7-8-9-11-14-12-13(6-3)10-5-2/h5H,2,4,6-12H2,1,3H3. The molecule has 0 radical (unpaired) electrons. The second-order valence-corrected chi connectivity index (χ2v) is 3.56. The predicted octanol–water partition coefficient (Wildman–Crippen LogP) is 3.05. The summed E-state index contributed by atoms with van der Waals surface area (Å²) in [5.74, 6) is 0. The van der Waals surface area contributed by atoms with E-state index in [1.54, 1.807) is 0 Å². The van der Waals surface area contributed by atoms with Gasteiger partial charge in [-0.15, -0.1) is 6.58 Å². The van der Waals surface area contributed by atoms with Crippen LogP contribution >= 0.6 is 0 Å². The van der Waals surface area contributed by atoms with Crippen molar-refractivity contribution in [2.75, 3.05) is 26.4 Å². The van der Waals surface area contributed by atoms with Gasteiger partial charge in [0.05, 0.1) is 6.73 Å². The largest absolute Gasteiger partial charge is 0.366 e. The Morgan fingerprint density at radius 2 is 2.00 bits per heavy atom. The maximum atomic E-state index is 5.56. The molecule has 0 amide bonds. The van der Waals surface area contributed by atoms with Gasteiger partial charge in [-0.1, -0.05) is 39.2 Å². The molecule has 0 aromatic carbocycles. The molecule has 0 unspecified atom stereocenters. The van der Waals surface area contributed by atoms with Crippen molar-refractivity contribution >= 4 is 0 Å². The molecule has 0 fully saturated rings. The monoisotopic (exact) mass is 199 g/mol. The Bertz CT molecular complexity index is 125. The lowest BCUT2D eigenvalue weighted by atomic mass is 10.2. The Morgan fingerprint density at radius 1 is 1.21 bits per heavy atom. The van der Waals surface area contributed by atoms with Crippen molar-refractivity contribution in [3.63, 3.8) is 0 Å². The van der Waals surface area contributed by atoms with Crippen molar-refractivity contribution in [3.05, 3.63) is 12.7 Å². The maximum absolute atomic E-state index is 5.56. The van der Waals surface area contributed by atoms with Gasteiger partial charge >= 0.3 is 0 Å². The van der Waals surface area contributed by atoms with Crippen LogP contribution in [0.1, 0.15) is 39.5 Å². The molecule has 2 heteroatoms. The van der Waals surface area contributed by atoms with Crippen molar-refractivity contribution in [1.29, 1.82) is 0 Å². The van der Waals surface area contributed by atoms with Gasteiger partial charge in [0.2, 0.25) is 0 Å². The molecule has 0 aromatic heterocycles. The summed E-state index contributed by atoms with van der Waals surface area (Å²) in [7, 11) is 0. The van der Waals surface area contributed by atoms with Crippen LogP contribution in [-0.2, 0) is 4.74 Å². The third-order valence-corrected chi connectivity index (χ3v) is 2.25. The van der Waals surface area contributed by atoms with Crippen molar-refractivity contribution in [2.45, 2.75) is 39.5 Å². The molecule has 0 atom stereocenters. The molecule has 0 bridgehead atoms. The summed E-state index contributed by atoms with van der Waals surface area (Å²) in [5, 5.41) is 0. The van der Waals surface area contributed by atoms with Crippen molar-refractivity contribution in [2.24, 2.45) is 0 Å². The highest BCUT2D eigenvalue weighted by molar-refractivity contribution is 4.70. The van der Waals surface area contributed by atoms with Gasteiger partial charge in [0.1, 0.15) is 0 Å². The minimum absolute atomic E-state index is 0.745. The van der Waals surface area contributed by atoms with Crippen LogP contribution in [0, 0.1) is 0 Å². The van der Waals surface area contributed by atoms with E-state index in [9.17, 15) is 0 Å². The molecule has 0 spiro atoms. The number of nitrogens with zero attached hydrogens (tertiary/aromatic N) is 1. The smallest absolute Gasteiger partial charge is 0.0992 e. The Morgan fingerprint density at radius 3 is 2.57 bits per heavy atom. The molecule has 0 aromatic rings. The molecule has 0 saturated heterocycles. The number of rotatable bonds is 10. The van der Waals surface area contributed by atoms with Gasteiger partial charge in [0.25, 0.3) is 0 Å². The zero-order valence-corrected chi connectivity index (χ0v) is 9.80. The molecule has 2 nitrogen and oxygen atoms in total. The third kappa shape index (κ3) is 8.27. The first-order chi connectivity index (χ1) is 6.85. The van der Waals surface area contributed by atoms with Gasteiger partial charge in [0.15, 0.2) is 0 Å². The zero-order valence-electron chi connectivity index (χ0n) is 9.80. The summed E-state index contributed by atoms with van der Waals surface area (Å²) < 4.78 is 5.56. The summed E-state index contributed by atoms with van der Waals surface area (Å²) in [6.45, 7) is 11.7. The van der Waals surface area contributed by atoms with E-state index >= 15 is 0 Å². The molecular formula is C12H25NO. The van der Waals surface area contributed by atoms with Crippen LogP contribution < -0.4 is 0 Å². The van der Waals surface area contributed by atoms with Gasteiger partial charge < -0.3 is 4.74 Å². The third-order valence-electron chi connectivity index (χ3n) is 2.25. The van der Waals surface area contributed by atoms with E-state index in [1.807, 2.05) is 6.08 Å². The molecule has 0 aliphatic heterocycles. The molecule has 84 valence electrons. The number of hydrogen-bond acceptors (Lipinski definition) is 2. The summed E-state index contributed by atoms with van der Waals surface area (Å²) in [5.41, 5.74) is 0. The fourth-order valence-corrected chi connectivity index (χ4v) is 1.28. The Labute approximate surface area is 88.9 Å². The molecule has 0 N–H and O–H groups in total. The quantitative estimate of drug-likeness (QED) is 0.304. The number of ether oxygens (including phenoxy) is 1. The molecule has 0 heterocycles. The number of unbranched alkanes of at least 4 members (excludes halogenated alkanes) is 3. The first kappa shape index (κ1) is 13.7. The van der Waals surface area contributed by atoms with Crippen molar-refractivity contribution in [1.82, 2.24) is 4.90 Å². The Kier molecular flexibility index (Phi) is 10.5. The van der Waals surface area contributed by atoms with Crippen LogP contribution in [0.3, 0.4) is 0 Å². The maximum Gasteiger partial charge on any atom is 0.0992 e. The molecule has 14 heavy (non-hydrogen) atoms. The lowest BCUT2D eigenvalue weighted by Crippen LogP contribution is -2.26. The highest BCUT2D eigenvalue weighted by Gasteiger charge is 1.98. The van der Waals surface area contributed by atoms with Crippen LogP contribution in [0.15, 0.2) is 12.7 Å². The first-order valence-electron chi connectivity index (χ1n) is 5.76. The normalized spacial score (nSPS) is 10.8. The lowest BCUT2D eigenvalue weighted by Gasteiger charge is -2.17. The van der Waals surface area contributed by atoms with E-state index in [0.29, 0.717) is 0 Å². The van der Waals surface area contributed by atoms with Crippen LogP contribution in [-0.4, -0.2) is 31.3 Å². The summed E-state index contributed by atoms with van der Waals surface area (Å²) in [4.78, 5) is 2.23. The summed E-state index contributed by atoms with van der Waals surface area (Å²) in [6, 6.07) is 0. The predicted molar refractivity (Wildman–Crippen MR) is 62.4 cm³/mol. The number of hydrogen-bond donors (Lipinski definition) is 0. The van der Waals surface area contributed by atoms with E-state index in [-0.39, 0.29) is 0 Å². The van der Waals surface area contributed by atoms with Crippen LogP contribution in [0.25, 0.3) is 0 Å². The van der Waals surface area contributed by atoms with E-state index < -0.39 is 0 Å². The second-order valence-electron chi connectivity index (χ2n) is 3.56. The van der Waals surface area contributed by atoms with Crippen molar-refractivity contribution < 1.29 is 4.74 Å². The summed E-state index contributed by atoms with van der Waals surface area (Å²) >= 11 is 0. The minimum atomic E-state index is 0.745. The van der Waals surface area contributed by atoms with Crippen LogP contribution in [0.2, 0.25) is 0 Å². The zero-order chi connectivity index (χ0) is 10.6. The average Bonchev–Trinajstić information content (AvgIpc) is 2.21. The van der Waals surface area contributed by atoms with Gasteiger partial charge in [0, 0.05) is 13.2 Å². The Hall–Kier alpha value is -0.340. The molecule has 0 aliphatic carbocycles. The van der Waals surface area contributed by atoms with E-state index in [2.05, 4.69) is 25.3 Å². The summed E-state index contributed by atoms with van der Waals surface area (Å²) in [6.07, 6.45) is 7.03. The lowest BCUT2D eigenvalue weighted by molar-refractivity contribution is 0.0357. The fraction of sp³-hybridized carbons (Fsp3) is 0.833. The van der Waals surface area contributed by atoms with E-state index in [1.165, 1.54) is 25.7 Å². The topological polar surface area (TPSA) is 12.5 Å².